The standard InChI is InChI=1S/C17H27FN4O/c1-6-20-16(21-12-17(2,3)15(23)19-4)22(5)11-13-7-9-14(18)10-8-13/h7-10H,6,11-12H2,1-5H3,(H,19,23)(H,20,21). The molecule has 0 aliphatic rings. The zero-order valence-corrected chi connectivity index (χ0v) is 14.6. The van der Waals surface area contributed by atoms with E-state index in [4.69, 9.17) is 0 Å². The van der Waals surface area contributed by atoms with Gasteiger partial charge in [0.25, 0.3) is 0 Å². The van der Waals surface area contributed by atoms with Crippen LogP contribution >= 0.6 is 0 Å². The molecule has 1 aromatic carbocycles. The van der Waals surface area contributed by atoms with E-state index >= 15 is 0 Å². The molecule has 0 atom stereocenters. The normalized spacial score (nSPS) is 12.0. The number of amides is 1. The van der Waals surface area contributed by atoms with E-state index in [1.807, 2.05) is 32.7 Å². The highest BCUT2D eigenvalue weighted by atomic mass is 19.1. The Morgan fingerprint density at radius 2 is 1.91 bits per heavy atom. The zero-order valence-electron chi connectivity index (χ0n) is 14.6. The highest BCUT2D eigenvalue weighted by Gasteiger charge is 2.26. The van der Waals surface area contributed by atoms with Crippen LogP contribution < -0.4 is 10.6 Å². The summed E-state index contributed by atoms with van der Waals surface area (Å²) in [6, 6.07) is 6.40. The van der Waals surface area contributed by atoms with Crippen molar-refractivity contribution < 1.29 is 9.18 Å². The minimum Gasteiger partial charge on any atom is -0.359 e. The summed E-state index contributed by atoms with van der Waals surface area (Å²) in [5.74, 6) is 0.427. The molecule has 23 heavy (non-hydrogen) atoms. The third-order valence-corrected chi connectivity index (χ3v) is 3.50. The van der Waals surface area contributed by atoms with Crippen molar-refractivity contribution in [2.45, 2.75) is 27.3 Å². The molecule has 0 fully saturated rings. The number of guanidine groups is 1. The predicted molar refractivity (Wildman–Crippen MR) is 91.7 cm³/mol. The fourth-order valence-corrected chi connectivity index (χ4v) is 2.09. The highest BCUT2D eigenvalue weighted by molar-refractivity contribution is 5.83. The lowest BCUT2D eigenvalue weighted by Gasteiger charge is -2.25. The summed E-state index contributed by atoms with van der Waals surface area (Å²) >= 11 is 0. The van der Waals surface area contributed by atoms with Crippen molar-refractivity contribution in [1.82, 2.24) is 15.5 Å². The van der Waals surface area contributed by atoms with Crippen LogP contribution in [0.3, 0.4) is 0 Å². The molecule has 2 N–H and O–H groups in total. The molecule has 6 heteroatoms. The van der Waals surface area contributed by atoms with Crippen molar-refractivity contribution in [3.8, 4) is 0 Å². The molecule has 0 saturated heterocycles. The van der Waals surface area contributed by atoms with Crippen LogP contribution in [0.25, 0.3) is 0 Å². The van der Waals surface area contributed by atoms with Gasteiger partial charge >= 0.3 is 0 Å². The second-order valence-electron chi connectivity index (χ2n) is 6.12. The zero-order chi connectivity index (χ0) is 17.5. The molecular weight excluding hydrogens is 295 g/mol. The minimum absolute atomic E-state index is 0.0433. The van der Waals surface area contributed by atoms with Gasteiger partial charge in [0.15, 0.2) is 5.96 Å². The predicted octanol–water partition coefficient (Wildman–Crippen LogP) is 2.00. The number of nitrogens with one attached hydrogen (secondary N) is 2. The molecule has 0 aliphatic heterocycles. The second-order valence-corrected chi connectivity index (χ2v) is 6.12. The molecule has 0 radical (unpaired) electrons. The monoisotopic (exact) mass is 322 g/mol. The van der Waals surface area contributed by atoms with Gasteiger partial charge in [0.1, 0.15) is 5.82 Å². The molecule has 0 spiro atoms. The van der Waals surface area contributed by atoms with Crippen molar-refractivity contribution in [3.63, 3.8) is 0 Å². The van der Waals surface area contributed by atoms with Gasteiger partial charge in [-0.2, -0.15) is 0 Å². The van der Waals surface area contributed by atoms with Crippen LogP contribution in [0.2, 0.25) is 0 Å². The van der Waals surface area contributed by atoms with Gasteiger partial charge in [0, 0.05) is 27.2 Å². The van der Waals surface area contributed by atoms with Gasteiger partial charge in [-0.1, -0.05) is 12.1 Å². The summed E-state index contributed by atoms with van der Waals surface area (Å²) in [4.78, 5) is 18.4. The largest absolute Gasteiger partial charge is 0.359 e. The molecule has 0 heterocycles. The Balaban J connectivity index is 2.81. The van der Waals surface area contributed by atoms with Crippen LogP contribution in [0.15, 0.2) is 29.3 Å². The molecule has 0 aromatic heterocycles. The number of aliphatic imine (C=N–C) groups is 1. The second kappa shape index (κ2) is 8.50. The van der Waals surface area contributed by atoms with Gasteiger partial charge in [-0.05, 0) is 38.5 Å². The molecule has 1 aromatic rings. The summed E-state index contributed by atoms with van der Waals surface area (Å²) in [6.07, 6.45) is 0. The van der Waals surface area contributed by atoms with Gasteiger partial charge in [-0.3, -0.25) is 9.79 Å². The number of halogens is 1. The first-order valence-electron chi connectivity index (χ1n) is 7.76. The molecule has 0 bridgehead atoms. The van der Waals surface area contributed by atoms with Crippen molar-refractivity contribution in [3.05, 3.63) is 35.6 Å². The maximum Gasteiger partial charge on any atom is 0.227 e. The number of carbonyl (C=O) groups excluding carboxylic acids is 1. The Bertz CT molecular complexity index is 540. The molecule has 0 aliphatic carbocycles. The van der Waals surface area contributed by atoms with E-state index < -0.39 is 5.41 Å². The third-order valence-electron chi connectivity index (χ3n) is 3.50. The molecule has 0 saturated carbocycles. The molecule has 128 valence electrons. The van der Waals surface area contributed by atoms with Crippen LogP contribution in [-0.4, -0.2) is 44.0 Å². The first kappa shape index (κ1) is 18.9. The van der Waals surface area contributed by atoms with E-state index in [1.165, 1.54) is 12.1 Å². The molecule has 0 unspecified atom stereocenters. The number of hydrogen-bond donors (Lipinski definition) is 2. The summed E-state index contributed by atoms with van der Waals surface area (Å²) in [5.41, 5.74) is 0.414. The lowest BCUT2D eigenvalue weighted by molar-refractivity contribution is -0.128. The van der Waals surface area contributed by atoms with Crippen LogP contribution in [0.4, 0.5) is 4.39 Å². The van der Waals surface area contributed by atoms with E-state index in [-0.39, 0.29) is 11.7 Å². The topological polar surface area (TPSA) is 56.7 Å². The quantitative estimate of drug-likeness (QED) is 0.622. The summed E-state index contributed by atoms with van der Waals surface area (Å²) in [5, 5.41) is 5.87. The Morgan fingerprint density at radius 1 is 1.30 bits per heavy atom. The SMILES string of the molecule is CCNC(=NCC(C)(C)C(=O)NC)N(C)Cc1ccc(F)cc1. The van der Waals surface area contributed by atoms with Gasteiger partial charge in [0.2, 0.25) is 5.91 Å². The minimum atomic E-state index is -0.577. The molecule has 5 nitrogen and oxygen atoms in total. The van der Waals surface area contributed by atoms with Crippen LogP contribution in [0, 0.1) is 11.2 Å². The average molecular weight is 322 g/mol. The maximum atomic E-state index is 13.0. The van der Waals surface area contributed by atoms with E-state index in [2.05, 4.69) is 15.6 Å². The van der Waals surface area contributed by atoms with Crippen molar-refractivity contribution in [2.75, 3.05) is 27.2 Å². The third kappa shape index (κ3) is 5.88. The Hall–Kier alpha value is -2.11. The Labute approximate surface area is 138 Å². The van der Waals surface area contributed by atoms with E-state index in [0.717, 1.165) is 12.1 Å². The first-order valence-corrected chi connectivity index (χ1v) is 7.76. The van der Waals surface area contributed by atoms with Gasteiger partial charge in [0.05, 0.1) is 12.0 Å². The fourth-order valence-electron chi connectivity index (χ4n) is 2.09. The average Bonchev–Trinajstić information content (AvgIpc) is 2.52. The van der Waals surface area contributed by atoms with E-state index in [9.17, 15) is 9.18 Å². The molecule has 1 rings (SSSR count). The molecular formula is C17H27FN4O. The lowest BCUT2D eigenvalue weighted by Crippen LogP contribution is -2.41. The summed E-state index contributed by atoms with van der Waals surface area (Å²) in [7, 11) is 3.54. The number of benzene rings is 1. The Kier molecular flexibility index (Phi) is 7.00. The van der Waals surface area contributed by atoms with Crippen LogP contribution in [0.1, 0.15) is 26.3 Å². The number of hydrogen-bond acceptors (Lipinski definition) is 2. The summed E-state index contributed by atoms with van der Waals surface area (Å²) < 4.78 is 13.0. The van der Waals surface area contributed by atoms with Crippen LogP contribution in [-0.2, 0) is 11.3 Å². The fraction of sp³-hybridized carbons (Fsp3) is 0.529. The van der Waals surface area contributed by atoms with Gasteiger partial charge in [-0.15, -0.1) is 0 Å². The van der Waals surface area contributed by atoms with Crippen molar-refractivity contribution in [2.24, 2.45) is 10.4 Å². The summed E-state index contributed by atoms with van der Waals surface area (Å²) in [6.45, 7) is 7.42. The van der Waals surface area contributed by atoms with E-state index in [1.54, 1.807) is 19.2 Å². The highest BCUT2D eigenvalue weighted by Crippen LogP contribution is 2.15. The Morgan fingerprint density at radius 3 is 2.43 bits per heavy atom. The maximum absolute atomic E-state index is 13.0. The first-order chi connectivity index (χ1) is 10.8. The smallest absolute Gasteiger partial charge is 0.227 e. The van der Waals surface area contributed by atoms with Crippen molar-refractivity contribution in [1.29, 1.82) is 0 Å². The number of carbonyl (C=O) groups is 1. The number of nitrogens with zero attached hydrogens (tertiary/aromatic N) is 2. The van der Waals surface area contributed by atoms with E-state index in [0.29, 0.717) is 19.0 Å². The molecule has 1 amide bonds. The number of rotatable bonds is 6. The van der Waals surface area contributed by atoms with Gasteiger partial charge in [-0.25, -0.2) is 4.39 Å². The van der Waals surface area contributed by atoms with Crippen LogP contribution in [0.5, 0.6) is 0 Å². The van der Waals surface area contributed by atoms with Gasteiger partial charge < -0.3 is 15.5 Å². The lowest BCUT2D eigenvalue weighted by atomic mass is 9.93. The van der Waals surface area contributed by atoms with Crippen molar-refractivity contribution >= 4 is 11.9 Å².